The second-order valence-electron chi connectivity index (χ2n) is 4.70. The fourth-order valence-corrected chi connectivity index (χ4v) is 3.28. The molecule has 2 aromatic heterocycles. The summed E-state index contributed by atoms with van der Waals surface area (Å²) < 4.78 is 0. The Morgan fingerprint density at radius 3 is 3.00 bits per heavy atom. The van der Waals surface area contributed by atoms with Gasteiger partial charge in [0.1, 0.15) is 5.65 Å². The highest BCUT2D eigenvalue weighted by atomic mass is 32.2. The number of nitrogens with zero attached hydrogens (tertiary/aromatic N) is 1. The van der Waals surface area contributed by atoms with E-state index in [2.05, 4.69) is 15.3 Å². The summed E-state index contributed by atoms with van der Waals surface area (Å²) in [5, 5.41) is 3.93. The number of rotatable bonds is 1. The first-order chi connectivity index (χ1) is 10.3. The SMILES string of the molecule is O=C1Nc2ccccc2S/C1=C/c1c[nH]c2ncccc12. The number of hydrogen-bond acceptors (Lipinski definition) is 3. The molecule has 0 aliphatic carbocycles. The maximum atomic E-state index is 12.2. The number of aromatic amines is 1. The highest BCUT2D eigenvalue weighted by Crippen LogP contribution is 2.38. The van der Waals surface area contributed by atoms with Gasteiger partial charge in [-0.15, -0.1) is 0 Å². The summed E-state index contributed by atoms with van der Waals surface area (Å²) in [5.41, 5.74) is 2.66. The third-order valence-electron chi connectivity index (χ3n) is 3.35. The predicted octanol–water partition coefficient (Wildman–Crippen LogP) is 3.65. The first-order valence-electron chi connectivity index (χ1n) is 6.53. The van der Waals surface area contributed by atoms with Crippen LogP contribution in [0.4, 0.5) is 5.69 Å². The standard InChI is InChI=1S/C16H11N3OS/c20-16-14(21-13-6-2-1-5-12(13)19-16)8-10-9-18-15-11(10)4-3-7-17-15/h1-9H,(H,17,18)(H,19,20)/b14-8+. The Kier molecular flexibility index (Phi) is 2.79. The summed E-state index contributed by atoms with van der Waals surface area (Å²) in [7, 11) is 0. The Labute approximate surface area is 125 Å². The van der Waals surface area contributed by atoms with Gasteiger partial charge in [0.15, 0.2) is 0 Å². The van der Waals surface area contributed by atoms with Crippen molar-refractivity contribution < 1.29 is 4.79 Å². The Morgan fingerprint density at radius 1 is 1.14 bits per heavy atom. The quantitative estimate of drug-likeness (QED) is 0.673. The number of aromatic nitrogens is 2. The van der Waals surface area contributed by atoms with Gasteiger partial charge in [-0.25, -0.2) is 4.98 Å². The summed E-state index contributed by atoms with van der Waals surface area (Å²) in [5.74, 6) is -0.0723. The van der Waals surface area contributed by atoms with Gasteiger partial charge in [0.05, 0.1) is 10.6 Å². The van der Waals surface area contributed by atoms with E-state index in [0.29, 0.717) is 4.91 Å². The van der Waals surface area contributed by atoms with E-state index in [-0.39, 0.29) is 5.91 Å². The molecule has 0 saturated carbocycles. The lowest BCUT2D eigenvalue weighted by Gasteiger charge is -2.18. The number of hydrogen-bond donors (Lipinski definition) is 2. The molecule has 0 spiro atoms. The summed E-state index contributed by atoms with van der Waals surface area (Å²) in [6.45, 7) is 0. The molecule has 5 heteroatoms. The molecule has 4 rings (SSSR count). The minimum absolute atomic E-state index is 0.0723. The zero-order valence-electron chi connectivity index (χ0n) is 11.0. The molecular weight excluding hydrogens is 282 g/mol. The number of nitrogens with one attached hydrogen (secondary N) is 2. The maximum absolute atomic E-state index is 12.2. The van der Waals surface area contributed by atoms with E-state index in [1.54, 1.807) is 6.20 Å². The molecule has 1 aliphatic rings. The number of carbonyl (C=O) groups is 1. The van der Waals surface area contributed by atoms with Crippen molar-refractivity contribution in [3.8, 4) is 0 Å². The second kappa shape index (κ2) is 4.79. The number of H-pyrrole nitrogens is 1. The summed E-state index contributed by atoms with van der Waals surface area (Å²) in [6, 6.07) is 11.7. The van der Waals surface area contributed by atoms with Crippen LogP contribution < -0.4 is 5.32 Å². The van der Waals surface area contributed by atoms with Gasteiger partial charge in [-0.1, -0.05) is 23.9 Å². The second-order valence-corrected chi connectivity index (χ2v) is 5.79. The Hall–Kier alpha value is -2.53. The number of carbonyl (C=O) groups excluding carboxylic acids is 1. The van der Waals surface area contributed by atoms with Gasteiger partial charge in [0.2, 0.25) is 0 Å². The van der Waals surface area contributed by atoms with Gasteiger partial charge in [0.25, 0.3) is 5.91 Å². The maximum Gasteiger partial charge on any atom is 0.262 e. The summed E-state index contributed by atoms with van der Waals surface area (Å²) in [6.07, 6.45) is 5.52. The van der Waals surface area contributed by atoms with Gasteiger partial charge in [-0.3, -0.25) is 4.79 Å². The van der Waals surface area contributed by atoms with Gasteiger partial charge < -0.3 is 10.3 Å². The highest BCUT2D eigenvalue weighted by molar-refractivity contribution is 8.04. The lowest BCUT2D eigenvalue weighted by molar-refractivity contribution is -0.112. The van der Waals surface area contributed by atoms with E-state index in [4.69, 9.17) is 0 Å². The zero-order valence-corrected chi connectivity index (χ0v) is 11.8. The molecule has 1 amide bonds. The molecule has 3 aromatic rings. The van der Waals surface area contributed by atoms with Crippen LogP contribution in [0, 0.1) is 0 Å². The van der Waals surface area contributed by atoms with Crippen molar-refractivity contribution in [1.82, 2.24) is 9.97 Å². The average molecular weight is 293 g/mol. The van der Waals surface area contributed by atoms with Crippen LogP contribution in [0.25, 0.3) is 17.1 Å². The van der Waals surface area contributed by atoms with Gasteiger partial charge in [0, 0.05) is 28.2 Å². The Bertz CT molecular complexity index is 882. The van der Waals surface area contributed by atoms with E-state index in [0.717, 1.165) is 27.2 Å². The average Bonchev–Trinajstić information content (AvgIpc) is 2.91. The summed E-state index contributed by atoms with van der Waals surface area (Å²) >= 11 is 1.49. The first kappa shape index (κ1) is 12.2. The van der Waals surface area contributed by atoms with Crippen molar-refractivity contribution in [2.45, 2.75) is 4.90 Å². The van der Waals surface area contributed by atoms with E-state index >= 15 is 0 Å². The number of pyridine rings is 1. The van der Waals surface area contributed by atoms with Crippen molar-refractivity contribution in [2.75, 3.05) is 5.32 Å². The van der Waals surface area contributed by atoms with Crippen LogP contribution in [-0.2, 0) is 4.79 Å². The third-order valence-corrected chi connectivity index (χ3v) is 4.45. The number of thioether (sulfide) groups is 1. The number of fused-ring (bicyclic) bond motifs is 2. The molecule has 1 aromatic carbocycles. The number of amides is 1. The monoisotopic (exact) mass is 293 g/mol. The van der Waals surface area contributed by atoms with Crippen molar-refractivity contribution in [3.63, 3.8) is 0 Å². The van der Waals surface area contributed by atoms with Crippen molar-refractivity contribution >= 4 is 40.5 Å². The van der Waals surface area contributed by atoms with Gasteiger partial charge in [-0.2, -0.15) is 0 Å². The van der Waals surface area contributed by atoms with Crippen LogP contribution in [0.2, 0.25) is 0 Å². The lowest BCUT2D eigenvalue weighted by atomic mass is 10.2. The molecule has 0 radical (unpaired) electrons. The molecule has 0 bridgehead atoms. The minimum atomic E-state index is -0.0723. The Morgan fingerprint density at radius 2 is 2.05 bits per heavy atom. The van der Waals surface area contributed by atoms with Gasteiger partial charge in [-0.05, 0) is 30.3 Å². The molecule has 21 heavy (non-hydrogen) atoms. The van der Waals surface area contributed by atoms with Gasteiger partial charge >= 0.3 is 0 Å². The fraction of sp³-hybridized carbons (Fsp3) is 0. The lowest BCUT2D eigenvalue weighted by Crippen LogP contribution is -2.16. The molecular formula is C16H11N3OS. The Balaban J connectivity index is 1.78. The largest absolute Gasteiger partial charge is 0.346 e. The van der Waals surface area contributed by atoms with Crippen LogP contribution >= 0.6 is 11.8 Å². The van der Waals surface area contributed by atoms with Crippen molar-refractivity contribution in [3.05, 3.63) is 59.3 Å². The van der Waals surface area contributed by atoms with E-state index in [1.165, 1.54) is 11.8 Å². The van der Waals surface area contributed by atoms with Crippen LogP contribution in [0.3, 0.4) is 0 Å². The predicted molar refractivity (Wildman–Crippen MR) is 85.0 cm³/mol. The molecule has 102 valence electrons. The zero-order chi connectivity index (χ0) is 14.2. The fourth-order valence-electron chi connectivity index (χ4n) is 2.34. The van der Waals surface area contributed by atoms with Crippen LogP contribution in [0.15, 0.2) is 58.6 Å². The minimum Gasteiger partial charge on any atom is -0.346 e. The summed E-state index contributed by atoms with van der Waals surface area (Å²) in [4.78, 5) is 21.3. The molecule has 1 aliphatic heterocycles. The molecule has 3 heterocycles. The van der Waals surface area contributed by atoms with Crippen molar-refractivity contribution in [2.24, 2.45) is 0 Å². The van der Waals surface area contributed by atoms with Crippen LogP contribution in [-0.4, -0.2) is 15.9 Å². The third kappa shape index (κ3) is 2.11. The molecule has 0 atom stereocenters. The smallest absolute Gasteiger partial charge is 0.262 e. The first-order valence-corrected chi connectivity index (χ1v) is 7.35. The number of benzene rings is 1. The van der Waals surface area contributed by atoms with E-state index in [9.17, 15) is 4.79 Å². The topological polar surface area (TPSA) is 57.8 Å². The van der Waals surface area contributed by atoms with Crippen molar-refractivity contribution in [1.29, 1.82) is 0 Å². The number of para-hydroxylation sites is 1. The molecule has 2 N–H and O–H groups in total. The number of anilines is 1. The molecule has 4 nitrogen and oxygen atoms in total. The van der Waals surface area contributed by atoms with Crippen LogP contribution in [0.5, 0.6) is 0 Å². The normalized spacial score (nSPS) is 16.0. The highest BCUT2D eigenvalue weighted by Gasteiger charge is 2.20. The van der Waals surface area contributed by atoms with E-state index < -0.39 is 0 Å². The molecule has 0 saturated heterocycles. The molecule has 0 fully saturated rings. The molecule has 0 unspecified atom stereocenters. The van der Waals surface area contributed by atoms with Crippen LogP contribution in [0.1, 0.15) is 5.56 Å². The van der Waals surface area contributed by atoms with E-state index in [1.807, 2.05) is 48.7 Å².